The minimum Gasteiger partial charge on any atom is -0.487 e. The second-order valence-corrected chi connectivity index (χ2v) is 8.82. The second kappa shape index (κ2) is 8.50. The van der Waals surface area contributed by atoms with Gasteiger partial charge >= 0.3 is 12.1 Å². The fourth-order valence-corrected chi connectivity index (χ4v) is 3.46. The van der Waals surface area contributed by atoms with E-state index in [-0.39, 0.29) is 13.0 Å². The zero-order chi connectivity index (χ0) is 20.4. The van der Waals surface area contributed by atoms with E-state index in [0.717, 1.165) is 10.9 Å². The van der Waals surface area contributed by atoms with Gasteiger partial charge in [-0.05, 0) is 66.7 Å². The summed E-state index contributed by atoms with van der Waals surface area (Å²) >= 11 is 3.53. The van der Waals surface area contributed by atoms with Crippen LogP contribution in [0.4, 0.5) is 4.79 Å². The number of likely N-dealkylation sites (tertiary alicyclic amines) is 1. The van der Waals surface area contributed by atoms with Crippen molar-refractivity contribution >= 4 is 28.0 Å². The molecule has 0 aliphatic carbocycles. The Bertz CT molecular complexity index is 700. The van der Waals surface area contributed by atoms with E-state index in [0.29, 0.717) is 11.7 Å². The van der Waals surface area contributed by atoms with Crippen molar-refractivity contribution in [3.63, 3.8) is 0 Å². The van der Waals surface area contributed by atoms with Gasteiger partial charge in [0.2, 0.25) is 0 Å². The number of hydrogen-bond donors (Lipinski definition) is 1. The summed E-state index contributed by atoms with van der Waals surface area (Å²) in [7, 11) is 0. The van der Waals surface area contributed by atoms with Crippen LogP contribution in [0, 0.1) is 0 Å². The van der Waals surface area contributed by atoms with Gasteiger partial charge in [0.15, 0.2) is 0 Å². The third kappa shape index (κ3) is 5.61. The number of halogens is 1. The number of ether oxygens (including phenoxy) is 2. The molecule has 1 heterocycles. The molecule has 0 unspecified atom stereocenters. The molecule has 1 saturated heterocycles. The molecule has 1 N–H and O–H groups in total. The summed E-state index contributed by atoms with van der Waals surface area (Å²) in [5.41, 5.74) is 0.524. The number of carbonyl (C=O) groups is 2. The van der Waals surface area contributed by atoms with Gasteiger partial charge in [0.05, 0.1) is 11.0 Å². The number of hydrogen-bond acceptors (Lipinski definition) is 4. The predicted octanol–water partition coefficient (Wildman–Crippen LogP) is 4.80. The number of carboxylic acid groups (broad SMARTS) is 1. The average Bonchev–Trinajstić information content (AvgIpc) is 2.99. The average molecular weight is 442 g/mol. The summed E-state index contributed by atoms with van der Waals surface area (Å²) < 4.78 is 12.2. The van der Waals surface area contributed by atoms with E-state index in [1.807, 2.05) is 18.2 Å². The zero-order valence-electron chi connectivity index (χ0n) is 16.5. The lowest BCUT2D eigenvalue weighted by atomic mass is 9.99. The summed E-state index contributed by atoms with van der Waals surface area (Å²) in [6, 6.07) is 4.97. The minimum absolute atomic E-state index is 0.172. The van der Waals surface area contributed by atoms with Gasteiger partial charge in [0, 0.05) is 6.42 Å². The van der Waals surface area contributed by atoms with E-state index in [1.165, 1.54) is 10.5 Å². The first-order valence-corrected chi connectivity index (χ1v) is 9.99. The summed E-state index contributed by atoms with van der Waals surface area (Å²) in [5, 5.41) is 9.48. The molecule has 3 atom stereocenters. The van der Waals surface area contributed by atoms with Gasteiger partial charge in [-0.15, -0.1) is 0 Å². The highest BCUT2D eigenvalue weighted by Crippen LogP contribution is 2.33. The number of carbonyl (C=O) groups excluding carboxylic acids is 1. The maximum absolute atomic E-state index is 12.4. The Kier molecular flexibility index (Phi) is 6.78. The number of rotatable bonds is 5. The van der Waals surface area contributed by atoms with Crippen molar-refractivity contribution in [1.29, 1.82) is 0 Å². The summed E-state index contributed by atoms with van der Waals surface area (Å²) in [4.78, 5) is 25.2. The number of aliphatic carboxylic acids is 1. The highest BCUT2D eigenvalue weighted by molar-refractivity contribution is 9.10. The number of carboxylic acids is 1. The number of nitrogens with zero attached hydrogens (tertiary/aromatic N) is 1. The van der Waals surface area contributed by atoms with E-state index in [4.69, 9.17) is 9.47 Å². The molecule has 1 aromatic rings. The summed E-state index contributed by atoms with van der Waals surface area (Å²) in [5.74, 6) is 0.0289. The molecule has 1 aliphatic heterocycles. The number of benzene rings is 1. The van der Waals surface area contributed by atoms with Crippen molar-refractivity contribution in [3.8, 4) is 5.75 Å². The van der Waals surface area contributed by atoms with Crippen molar-refractivity contribution in [1.82, 2.24) is 4.90 Å². The Morgan fingerprint density at radius 3 is 2.56 bits per heavy atom. The quantitative estimate of drug-likeness (QED) is 0.709. The summed E-state index contributed by atoms with van der Waals surface area (Å²) in [6.07, 6.45) is 0.214. The summed E-state index contributed by atoms with van der Waals surface area (Å²) in [6.45, 7) is 9.72. The minimum atomic E-state index is -1.06. The van der Waals surface area contributed by atoms with Crippen LogP contribution in [-0.4, -0.2) is 46.4 Å². The lowest BCUT2D eigenvalue weighted by molar-refractivity contribution is -0.142. The van der Waals surface area contributed by atoms with Crippen molar-refractivity contribution < 1.29 is 24.2 Å². The zero-order valence-corrected chi connectivity index (χ0v) is 18.1. The normalized spacial score (nSPS) is 21.0. The first-order chi connectivity index (χ1) is 12.5. The molecule has 0 saturated carbocycles. The Labute approximate surface area is 169 Å². The van der Waals surface area contributed by atoms with Crippen LogP contribution in [0.2, 0.25) is 0 Å². The largest absolute Gasteiger partial charge is 0.487 e. The topological polar surface area (TPSA) is 76.1 Å². The first kappa shape index (κ1) is 21.5. The smallest absolute Gasteiger partial charge is 0.411 e. The second-order valence-electron chi connectivity index (χ2n) is 7.96. The Morgan fingerprint density at radius 2 is 2.04 bits per heavy atom. The standard InChI is InChI=1S/C20H28BrNO5/c1-6-12(2)13-7-8-17(15(21)9-13)26-14-10-16(18(23)24)22(11-14)19(25)27-20(3,4)5/h7-9,12,14,16H,6,10-11H2,1-5H3,(H,23,24)/t12-,14-,16-/m0/s1. The van der Waals surface area contributed by atoms with Gasteiger partial charge in [0.1, 0.15) is 23.5 Å². The highest BCUT2D eigenvalue weighted by Gasteiger charge is 2.42. The molecule has 1 aliphatic rings. The van der Waals surface area contributed by atoms with Crippen LogP contribution in [0.3, 0.4) is 0 Å². The fraction of sp³-hybridized carbons (Fsp3) is 0.600. The maximum atomic E-state index is 12.4. The van der Waals surface area contributed by atoms with Gasteiger partial charge in [-0.3, -0.25) is 4.90 Å². The first-order valence-electron chi connectivity index (χ1n) is 9.20. The molecule has 0 bridgehead atoms. The van der Waals surface area contributed by atoms with Gasteiger partial charge in [-0.1, -0.05) is 19.9 Å². The van der Waals surface area contributed by atoms with E-state index in [1.54, 1.807) is 20.8 Å². The lowest BCUT2D eigenvalue weighted by Gasteiger charge is -2.26. The van der Waals surface area contributed by atoms with Crippen molar-refractivity contribution in [3.05, 3.63) is 28.2 Å². The van der Waals surface area contributed by atoms with Crippen LogP contribution >= 0.6 is 15.9 Å². The molecule has 0 radical (unpaired) electrons. The van der Waals surface area contributed by atoms with Crippen LogP contribution in [-0.2, 0) is 9.53 Å². The Morgan fingerprint density at radius 1 is 1.37 bits per heavy atom. The maximum Gasteiger partial charge on any atom is 0.411 e. The van der Waals surface area contributed by atoms with Crippen LogP contribution in [0.25, 0.3) is 0 Å². The fourth-order valence-electron chi connectivity index (χ4n) is 2.97. The molecular weight excluding hydrogens is 414 g/mol. The molecule has 1 fully saturated rings. The van der Waals surface area contributed by atoms with E-state index < -0.39 is 29.8 Å². The van der Waals surface area contributed by atoms with Gasteiger partial charge in [-0.2, -0.15) is 0 Å². The molecule has 7 heteroatoms. The SMILES string of the molecule is CC[C@H](C)c1ccc(O[C@H]2C[C@@H](C(=O)O)N(C(=O)OC(C)(C)C)C2)c(Br)c1. The third-order valence-corrected chi connectivity index (χ3v) is 5.23. The van der Waals surface area contributed by atoms with Crippen molar-refractivity contribution in [2.45, 2.75) is 71.1 Å². The molecule has 0 aromatic heterocycles. The molecular formula is C20H28BrNO5. The van der Waals surface area contributed by atoms with Gasteiger partial charge in [0.25, 0.3) is 0 Å². The molecule has 0 spiro atoms. The van der Waals surface area contributed by atoms with E-state index in [2.05, 4.69) is 29.8 Å². The van der Waals surface area contributed by atoms with Crippen LogP contribution < -0.4 is 4.74 Å². The molecule has 1 aromatic carbocycles. The Hall–Kier alpha value is -1.76. The van der Waals surface area contributed by atoms with E-state index >= 15 is 0 Å². The molecule has 1 amide bonds. The molecule has 6 nitrogen and oxygen atoms in total. The van der Waals surface area contributed by atoms with Gasteiger partial charge < -0.3 is 14.6 Å². The monoisotopic (exact) mass is 441 g/mol. The lowest BCUT2D eigenvalue weighted by Crippen LogP contribution is -2.43. The van der Waals surface area contributed by atoms with Crippen LogP contribution in [0.15, 0.2) is 22.7 Å². The molecule has 2 rings (SSSR count). The van der Waals surface area contributed by atoms with E-state index in [9.17, 15) is 14.7 Å². The predicted molar refractivity (Wildman–Crippen MR) is 106 cm³/mol. The van der Waals surface area contributed by atoms with Crippen molar-refractivity contribution in [2.75, 3.05) is 6.54 Å². The van der Waals surface area contributed by atoms with Gasteiger partial charge in [-0.25, -0.2) is 9.59 Å². The Balaban J connectivity index is 2.12. The highest BCUT2D eigenvalue weighted by atomic mass is 79.9. The molecule has 150 valence electrons. The van der Waals surface area contributed by atoms with Crippen LogP contribution in [0.5, 0.6) is 5.75 Å². The third-order valence-electron chi connectivity index (χ3n) is 4.61. The van der Waals surface area contributed by atoms with Crippen LogP contribution in [0.1, 0.15) is 58.9 Å². The number of amides is 1. The van der Waals surface area contributed by atoms with Crippen molar-refractivity contribution in [2.24, 2.45) is 0 Å². The molecule has 27 heavy (non-hydrogen) atoms.